The molecule has 0 rings (SSSR count). The van der Waals surface area contributed by atoms with Crippen molar-refractivity contribution in [2.45, 2.75) is 33.0 Å². The zero-order valence-electron chi connectivity index (χ0n) is 6.21. The average Bonchev–Trinajstić information content (AvgIpc) is 1.67. The van der Waals surface area contributed by atoms with Gasteiger partial charge in [-0.15, -0.1) is 11.5 Å². The Morgan fingerprint density at radius 1 is 1.38 bits per heavy atom. The van der Waals surface area contributed by atoms with Gasteiger partial charge in [0.15, 0.2) is 0 Å². The van der Waals surface area contributed by atoms with Crippen LogP contribution in [-0.4, -0.2) is 8.07 Å². The molecule has 0 aromatic carbocycles. The van der Waals surface area contributed by atoms with Gasteiger partial charge < -0.3 is 0 Å². The lowest BCUT2D eigenvalue weighted by Gasteiger charge is -2.08. The maximum absolute atomic E-state index is 3.26. The lowest BCUT2D eigenvalue weighted by molar-refractivity contribution is 1.38. The second kappa shape index (κ2) is 2.94. The first-order valence-corrected chi connectivity index (χ1v) is 6.27. The van der Waals surface area contributed by atoms with Gasteiger partial charge in [-0.25, -0.2) is 0 Å². The van der Waals surface area contributed by atoms with E-state index in [4.69, 9.17) is 0 Å². The Bertz CT molecular complexity index is 114. The largest absolute Gasteiger partial charge is 0.132 e. The summed E-state index contributed by atoms with van der Waals surface area (Å²) in [5.41, 5.74) is 3.26. The third-order valence-electron chi connectivity index (χ3n) is 1.35. The molecule has 0 aliphatic rings. The predicted octanol–water partition coefficient (Wildman–Crippen LogP) is 2.28. The number of rotatable bonds is 1. The first-order valence-electron chi connectivity index (χ1n) is 3.06. The van der Waals surface area contributed by atoms with Gasteiger partial charge in [0.25, 0.3) is 0 Å². The molecule has 1 heteroatoms. The van der Waals surface area contributed by atoms with Gasteiger partial charge in [-0.2, -0.15) is 0 Å². The molecule has 0 unspecified atom stereocenters. The van der Waals surface area contributed by atoms with E-state index in [1.165, 1.54) is 6.04 Å². The van der Waals surface area contributed by atoms with E-state index in [2.05, 4.69) is 31.5 Å². The molecule has 0 saturated heterocycles. The molecular formula is C7H14Si. The van der Waals surface area contributed by atoms with E-state index in [9.17, 15) is 0 Å². The normalized spacial score (nSPS) is 10.0. The summed E-state index contributed by atoms with van der Waals surface area (Å²) >= 11 is 0. The first-order chi connectivity index (χ1) is 3.62. The van der Waals surface area contributed by atoms with Gasteiger partial charge >= 0.3 is 0 Å². The molecule has 0 spiro atoms. The molecule has 0 amide bonds. The second-order valence-corrected chi connectivity index (χ2v) is 7.34. The molecule has 0 aromatic rings. The summed E-state index contributed by atoms with van der Waals surface area (Å²) in [5, 5.41) is 0. The van der Waals surface area contributed by atoms with Crippen LogP contribution in [0.3, 0.4) is 0 Å². The maximum atomic E-state index is 3.26. The Hall–Kier alpha value is -0.223. The quantitative estimate of drug-likeness (QED) is 0.373. The highest BCUT2D eigenvalue weighted by Crippen LogP contribution is 2.04. The maximum Gasteiger partial charge on any atom is 0.132 e. The predicted molar refractivity (Wildman–Crippen MR) is 41.4 cm³/mol. The van der Waals surface area contributed by atoms with Crippen LogP contribution in [0.2, 0.25) is 19.1 Å². The van der Waals surface area contributed by atoms with Gasteiger partial charge in [-0.3, -0.25) is 0 Å². The molecular weight excluding hydrogens is 112 g/mol. The lowest BCUT2D eigenvalue weighted by Crippen LogP contribution is -2.20. The standard InChI is InChI=1S/C7H14Si/c1-5-7-8(3,4)6-2/h6H2,1-4H3. The van der Waals surface area contributed by atoms with E-state index in [1.54, 1.807) is 0 Å². The highest BCUT2D eigenvalue weighted by Gasteiger charge is 2.12. The molecule has 46 valence electrons. The van der Waals surface area contributed by atoms with Crippen molar-refractivity contribution in [1.82, 2.24) is 0 Å². The van der Waals surface area contributed by atoms with Crippen LogP contribution in [0.25, 0.3) is 0 Å². The summed E-state index contributed by atoms with van der Waals surface area (Å²) in [4.78, 5) is 0. The molecule has 0 atom stereocenters. The summed E-state index contributed by atoms with van der Waals surface area (Å²) in [6.45, 7) is 8.73. The minimum Gasteiger partial charge on any atom is -0.132 e. The van der Waals surface area contributed by atoms with Gasteiger partial charge in [0, 0.05) is 0 Å². The van der Waals surface area contributed by atoms with Gasteiger partial charge in [0.2, 0.25) is 0 Å². The van der Waals surface area contributed by atoms with Crippen LogP contribution in [0.15, 0.2) is 0 Å². The van der Waals surface area contributed by atoms with Crippen molar-refractivity contribution in [1.29, 1.82) is 0 Å². The summed E-state index contributed by atoms with van der Waals surface area (Å²) in [7, 11) is -1.04. The first kappa shape index (κ1) is 7.78. The van der Waals surface area contributed by atoms with E-state index in [1.807, 2.05) is 6.92 Å². The molecule has 0 nitrogen and oxygen atoms in total. The third kappa shape index (κ3) is 2.87. The van der Waals surface area contributed by atoms with E-state index in [0.29, 0.717) is 0 Å². The van der Waals surface area contributed by atoms with E-state index < -0.39 is 8.07 Å². The van der Waals surface area contributed by atoms with Crippen molar-refractivity contribution < 1.29 is 0 Å². The summed E-state index contributed by atoms with van der Waals surface area (Å²) < 4.78 is 0. The van der Waals surface area contributed by atoms with Gasteiger partial charge in [-0.05, 0) is 13.0 Å². The fraction of sp³-hybridized carbons (Fsp3) is 0.714. The van der Waals surface area contributed by atoms with E-state index in [-0.39, 0.29) is 0 Å². The van der Waals surface area contributed by atoms with Crippen molar-refractivity contribution in [3.8, 4) is 11.5 Å². The molecule has 0 heterocycles. The van der Waals surface area contributed by atoms with Gasteiger partial charge in [0.1, 0.15) is 8.07 Å². The van der Waals surface area contributed by atoms with Crippen molar-refractivity contribution >= 4 is 8.07 Å². The lowest BCUT2D eigenvalue weighted by atomic mass is 10.8. The van der Waals surface area contributed by atoms with Crippen LogP contribution in [0.5, 0.6) is 0 Å². The van der Waals surface area contributed by atoms with Crippen LogP contribution < -0.4 is 0 Å². The van der Waals surface area contributed by atoms with Gasteiger partial charge in [0.05, 0.1) is 0 Å². The van der Waals surface area contributed by atoms with E-state index in [0.717, 1.165) is 0 Å². The smallest absolute Gasteiger partial charge is 0.132 e. The molecule has 0 aromatic heterocycles. The van der Waals surface area contributed by atoms with Crippen molar-refractivity contribution in [2.75, 3.05) is 0 Å². The Labute approximate surface area is 53.3 Å². The molecule has 8 heavy (non-hydrogen) atoms. The van der Waals surface area contributed by atoms with Crippen molar-refractivity contribution in [2.24, 2.45) is 0 Å². The Balaban J connectivity index is 3.85. The Morgan fingerprint density at radius 3 is 2.00 bits per heavy atom. The van der Waals surface area contributed by atoms with Gasteiger partial charge in [-0.1, -0.05) is 20.0 Å². The summed E-state index contributed by atoms with van der Waals surface area (Å²) in [6, 6.07) is 1.27. The topological polar surface area (TPSA) is 0 Å². The molecule has 0 aliphatic heterocycles. The average molecular weight is 126 g/mol. The van der Waals surface area contributed by atoms with E-state index >= 15 is 0 Å². The zero-order valence-corrected chi connectivity index (χ0v) is 7.21. The highest BCUT2D eigenvalue weighted by atomic mass is 28.3. The van der Waals surface area contributed by atoms with Crippen molar-refractivity contribution in [3.63, 3.8) is 0 Å². The number of hydrogen-bond donors (Lipinski definition) is 0. The monoisotopic (exact) mass is 126 g/mol. The zero-order chi connectivity index (χ0) is 6.62. The third-order valence-corrected chi connectivity index (χ3v) is 4.04. The minimum atomic E-state index is -1.04. The number of hydrogen-bond acceptors (Lipinski definition) is 0. The summed E-state index contributed by atoms with van der Waals surface area (Å²) in [5.74, 6) is 2.97. The Morgan fingerprint density at radius 2 is 1.88 bits per heavy atom. The fourth-order valence-electron chi connectivity index (χ4n) is 0.427. The molecule has 0 bridgehead atoms. The SMILES string of the molecule is CC#C[Si](C)(C)CC. The fourth-order valence-corrected chi connectivity index (χ4v) is 1.28. The molecule has 0 aliphatic carbocycles. The minimum absolute atomic E-state index is 1.04. The second-order valence-electron chi connectivity index (χ2n) is 2.61. The van der Waals surface area contributed by atoms with Crippen molar-refractivity contribution in [3.05, 3.63) is 0 Å². The molecule has 0 saturated carbocycles. The van der Waals surface area contributed by atoms with Crippen LogP contribution in [0.4, 0.5) is 0 Å². The Kier molecular flexibility index (Phi) is 2.85. The van der Waals surface area contributed by atoms with Crippen LogP contribution in [0.1, 0.15) is 13.8 Å². The van der Waals surface area contributed by atoms with Crippen LogP contribution in [0, 0.1) is 11.5 Å². The summed E-state index contributed by atoms with van der Waals surface area (Å²) in [6.07, 6.45) is 0. The molecule has 0 N–H and O–H groups in total. The molecule has 0 radical (unpaired) electrons. The molecule has 0 fully saturated rings. The highest BCUT2D eigenvalue weighted by molar-refractivity contribution is 6.84. The van der Waals surface area contributed by atoms with Crippen LogP contribution >= 0.6 is 0 Å². The van der Waals surface area contributed by atoms with Crippen LogP contribution in [-0.2, 0) is 0 Å².